The molecule has 0 aromatic heterocycles. The van der Waals surface area contributed by atoms with E-state index in [0.717, 1.165) is 6.54 Å². The van der Waals surface area contributed by atoms with E-state index in [-0.39, 0.29) is 13.2 Å². The van der Waals surface area contributed by atoms with Gasteiger partial charge in [0.15, 0.2) is 0 Å². The van der Waals surface area contributed by atoms with E-state index in [9.17, 15) is 0 Å². The first kappa shape index (κ1) is 14.2. The SMILES string of the molecule is Cc1cc(C)c(CN(CCO)CCO)c(C)c1. The van der Waals surface area contributed by atoms with E-state index in [4.69, 9.17) is 10.2 Å². The Labute approximate surface area is 104 Å². The van der Waals surface area contributed by atoms with E-state index >= 15 is 0 Å². The zero-order valence-electron chi connectivity index (χ0n) is 11.0. The van der Waals surface area contributed by atoms with Crippen molar-refractivity contribution in [3.05, 3.63) is 34.4 Å². The second-order valence-corrected chi connectivity index (χ2v) is 4.60. The van der Waals surface area contributed by atoms with Gasteiger partial charge in [-0.3, -0.25) is 4.90 Å². The molecular weight excluding hydrogens is 214 g/mol. The Morgan fingerprint density at radius 3 is 1.82 bits per heavy atom. The highest BCUT2D eigenvalue weighted by Gasteiger charge is 2.09. The number of nitrogens with zero attached hydrogens (tertiary/aromatic N) is 1. The van der Waals surface area contributed by atoms with Gasteiger partial charge in [-0.05, 0) is 37.5 Å². The average molecular weight is 237 g/mol. The fourth-order valence-corrected chi connectivity index (χ4v) is 2.24. The fourth-order valence-electron chi connectivity index (χ4n) is 2.24. The van der Waals surface area contributed by atoms with Gasteiger partial charge in [-0.25, -0.2) is 0 Å². The lowest BCUT2D eigenvalue weighted by Gasteiger charge is -2.22. The first-order valence-corrected chi connectivity index (χ1v) is 6.09. The minimum atomic E-state index is 0.129. The van der Waals surface area contributed by atoms with Gasteiger partial charge in [-0.2, -0.15) is 0 Å². The summed E-state index contributed by atoms with van der Waals surface area (Å²) in [7, 11) is 0. The molecule has 0 radical (unpaired) electrons. The molecule has 0 aliphatic carbocycles. The predicted octanol–water partition coefficient (Wildman–Crippen LogP) is 1.40. The second kappa shape index (κ2) is 6.74. The summed E-state index contributed by atoms with van der Waals surface area (Å²) < 4.78 is 0. The van der Waals surface area contributed by atoms with Crippen LogP contribution in [-0.4, -0.2) is 41.4 Å². The summed E-state index contributed by atoms with van der Waals surface area (Å²) in [5, 5.41) is 18.0. The van der Waals surface area contributed by atoms with Crippen molar-refractivity contribution in [1.29, 1.82) is 0 Å². The molecule has 2 N–H and O–H groups in total. The highest BCUT2D eigenvalue weighted by Crippen LogP contribution is 2.18. The summed E-state index contributed by atoms with van der Waals surface area (Å²) >= 11 is 0. The van der Waals surface area contributed by atoms with Crippen molar-refractivity contribution in [2.45, 2.75) is 27.3 Å². The highest BCUT2D eigenvalue weighted by atomic mass is 16.3. The number of rotatable bonds is 6. The van der Waals surface area contributed by atoms with E-state index in [1.807, 2.05) is 0 Å². The molecule has 17 heavy (non-hydrogen) atoms. The maximum atomic E-state index is 9.00. The van der Waals surface area contributed by atoms with Crippen LogP contribution in [0.15, 0.2) is 12.1 Å². The van der Waals surface area contributed by atoms with Crippen LogP contribution in [0.1, 0.15) is 22.3 Å². The standard InChI is InChI=1S/C14H23NO2/c1-11-8-12(2)14(13(3)9-11)10-15(4-6-16)5-7-17/h8-9,16-17H,4-7,10H2,1-3H3. The fraction of sp³-hybridized carbons (Fsp3) is 0.571. The predicted molar refractivity (Wildman–Crippen MR) is 70.1 cm³/mol. The smallest absolute Gasteiger partial charge is 0.0558 e. The van der Waals surface area contributed by atoms with Crippen molar-refractivity contribution in [2.24, 2.45) is 0 Å². The molecule has 0 aliphatic rings. The molecule has 0 saturated carbocycles. The Balaban J connectivity index is 2.84. The molecule has 0 bridgehead atoms. The maximum Gasteiger partial charge on any atom is 0.0558 e. The van der Waals surface area contributed by atoms with Crippen LogP contribution in [0.2, 0.25) is 0 Å². The molecule has 96 valence electrons. The van der Waals surface area contributed by atoms with Crippen LogP contribution in [-0.2, 0) is 6.54 Å². The van der Waals surface area contributed by atoms with E-state index in [0.29, 0.717) is 13.1 Å². The summed E-state index contributed by atoms with van der Waals surface area (Å²) in [4.78, 5) is 2.07. The third kappa shape index (κ3) is 4.11. The number of aliphatic hydroxyl groups excluding tert-OH is 2. The van der Waals surface area contributed by atoms with Gasteiger partial charge >= 0.3 is 0 Å². The molecule has 0 aliphatic heterocycles. The van der Waals surface area contributed by atoms with E-state index < -0.39 is 0 Å². The summed E-state index contributed by atoms with van der Waals surface area (Å²) in [5.74, 6) is 0. The summed E-state index contributed by atoms with van der Waals surface area (Å²) in [6.07, 6.45) is 0. The number of hydrogen-bond donors (Lipinski definition) is 2. The lowest BCUT2D eigenvalue weighted by Crippen LogP contribution is -2.30. The van der Waals surface area contributed by atoms with Crippen LogP contribution in [0.25, 0.3) is 0 Å². The highest BCUT2D eigenvalue weighted by molar-refractivity contribution is 5.37. The second-order valence-electron chi connectivity index (χ2n) is 4.60. The summed E-state index contributed by atoms with van der Waals surface area (Å²) in [6.45, 7) is 8.59. The normalized spacial score (nSPS) is 11.2. The first-order chi connectivity index (χ1) is 8.08. The van der Waals surface area contributed by atoms with Gasteiger partial charge < -0.3 is 10.2 Å². The number of hydrogen-bond acceptors (Lipinski definition) is 3. The average Bonchev–Trinajstić information content (AvgIpc) is 2.23. The first-order valence-electron chi connectivity index (χ1n) is 6.09. The molecule has 1 rings (SSSR count). The van der Waals surface area contributed by atoms with Crippen LogP contribution in [0.3, 0.4) is 0 Å². The van der Waals surface area contributed by atoms with Crippen molar-refractivity contribution in [3.8, 4) is 0 Å². The molecular formula is C14H23NO2. The molecule has 0 atom stereocenters. The van der Waals surface area contributed by atoms with Crippen LogP contribution in [0, 0.1) is 20.8 Å². The van der Waals surface area contributed by atoms with Gasteiger partial charge in [-0.1, -0.05) is 17.7 Å². The molecule has 0 heterocycles. The lowest BCUT2D eigenvalue weighted by molar-refractivity contribution is 0.155. The maximum absolute atomic E-state index is 9.00. The van der Waals surface area contributed by atoms with E-state index in [1.54, 1.807) is 0 Å². The van der Waals surface area contributed by atoms with Gasteiger partial charge in [0.05, 0.1) is 13.2 Å². The summed E-state index contributed by atoms with van der Waals surface area (Å²) in [5.41, 5.74) is 5.14. The lowest BCUT2D eigenvalue weighted by atomic mass is 9.99. The van der Waals surface area contributed by atoms with Crippen LogP contribution in [0.4, 0.5) is 0 Å². The molecule has 0 amide bonds. The van der Waals surface area contributed by atoms with Gasteiger partial charge in [-0.15, -0.1) is 0 Å². The Hall–Kier alpha value is -0.900. The summed E-state index contributed by atoms with van der Waals surface area (Å²) in [6, 6.07) is 4.36. The molecule has 1 aromatic carbocycles. The molecule has 0 saturated heterocycles. The van der Waals surface area contributed by atoms with E-state index in [1.165, 1.54) is 22.3 Å². The van der Waals surface area contributed by atoms with Crippen molar-refractivity contribution in [2.75, 3.05) is 26.3 Å². The van der Waals surface area contributed by atoms with Crippen molar-refractivity contribution in [1.82, 2.24) is 4.90 Å². The zero-order valence-corrected chi connectivity index (χ0v) is 11.0. The third-order valence-corrected chi connectivity index (χ3v) is 3.05. The topological polar surface area (TPSA) is 43.7 Å². The van der Waals surface area contributed by atoms with Crippen LogP contribution >= 0.6 is 0 Å². The van der Waals surface area contributed by atoms with Crippen molar-refractivity contribution >= 4 is 0 Å². The van der Waals surface area contributed by atoms with Gasteiger partial charge in [0, 0.05) is 19.6 Å². The minimum Gasteiger partial charge on any atom is -0.395 e. The zero-order chi connectivity index (χ0) is 12.8. The molecule has 1 aromatic rings. The third-order valence-electron chi connectivity index (χ3n) is 3.05. The Morgan fingerprint density at radius 2 is 1.41 bits per heavy atom. The van der Waals surface area contributed by atoms with Crippen LogP contribution < -0.4 is 0 Å². The molecule has 0 unspecified atom stereocenters. The van der Waals surface area contributed by atoms with Crippen LogP contribution in [0.5, 0.6) is 0 Å². The Bertz CT molecular complexity index is 334. The van der Waals surface area contributed by atoms with Gasteiger partial charge in [0.1, 0.15) is 0 Å². The molecule has 0 spiro atoms. The Kier molecular flexibility index (Phi) is 5.62. The van der Waals surface area contributed by atoms with Gasteiger partial charge in [0.25, 0.3) is 0 Å². The van der Waals surface area contributed by atoms with Crippen molar-refractivity contribution in [3.63, 3.8) is 0 Å². The number of aliphatic hydroxyl groups is 2. The van der Waals surface area contributed by atoms with Gasteiger partial charge in [0.2, 0.25) is 0 Å². The van der Waals surface area contributed by atoms with Crippen molar-refractivity contribution < 1.29 is 10.2 Å². The Morgan fingerprint density at radius 1 is 0.941 bits per heavy atom. The van der Waals surface area contributed by atoms with E-state index in [2.05, 4.69) is 37.8 Å². The minimum absolute atomic E-state index is 0.129. The quantitative estimate of drug-likeness (QED) is 0.786. The largest absolute Gasteiger partial charge is 0.395 e. The molecule has 3 heteroatoms. The molecule has 0 fully saturated rings. The number of benzene rings is 1. The molecule has 3 nitrogen and oxygen atoms in total. The monoisotopic (exact) mass is 237 g/mol. The number of aryl methyl sites for hydroxylation is 3.